The normalized spacial score (nSPS) is 33.4. The van der Waals surface area contributed by atoms with E-state index in [-0.39, 0.29) is 11.9 Å². The molecule has 3 heteroatoms. The molecule has 3 nitrogen and oxygen atoms in total. The Morgan fingerprint density at radius 3 is 2.50 bits per heavy atom. The zero-order valence-corrected chi connectivity index (χ0v) is 9.29. The largest absolute Gasteiger partial charge is 0.348 e. The van der Waals surface area contributed by atoms with Gasteiger partial charge in [-0.3, -0.25) is 0 Å². The van der Waals surface area contributed by atoms with Crippen molar-refractivity contribution >= 4 is 0 Å². The van der Waals surface area contributed by atoms with Gasteiger partial charge in [0, 0.05) is 6.54 Å². The third-order valence-electron chi connectivity index (χ3n) is 2.98. The summed E-state index contributed by atoms with van der Waals surface area (Å²) >= 11 is 0. The Bertz CT molecular complexity index is 188. The van der Waals surface area contributed by atoms with Crippen molar-refractivity contribution in [2.24, 2.45) is 0 Å². The maximum Gasteiger partial charge on any atom is 0.163 e. The maximum absolute atomic E-state index is 5.79. The van der Waals surface area contributed by atoms with Crippen LogP contribution in [0.4, 0.5) is 0 Å². The van der Waals surface area contributed by atoms with E-state index in [2.05, 4.69) is 4.90 Å². The van der Waals surface area contributed by atoms with Crippen molar-refractivity contribution in [3.05, 3.63) is 0 Å². The smallest absolute Gasteiger partial charge is 0.163 e. The predicted molar refractivity (Wildman–Crippen MR) is 55.2 cm³/mol. The molecule has 0 aromatic carbocycles. The molecule has 2 fully saturated rings. The Hall–Kier alpha value is -0.120. The Labute approximate surface area is 86.4 Å². The Balaban J connectivity index is 1.75. The highest BCUT2D eigenvalue weighted by atomic mass is 16.7. The van der Waals surface area contributed by atoms with Gasteiger partial charge in [-0.05, 0) is 39.8 Å². The fourth-order valence-corrected chi connectivity index (χ4v) is 2.28. The summed E-state index contributed by atoms with van der Waals surface area (Å²) in [4.78, 5) is 2.50. The zero-order chi connectivity index (χ0) is 10.0. The van der Waals surface area contributed by atoms with Crippen molar-refractivity contribution in [3.8, 4) is 0 Å². The monoisotopic (exact) mass is 199 g/mol. The molecule has 0 N–H and O–H groups in total. The zero-order valence-electron chi connectivity index (χ0n) is 9.29. The van der Waals surface area contributed by atoms with Crippen LogP contribution in [0.15, 0.2) is 0 Å². The van der Waals surface area contributed by atoms with E-state index in [1.807, 2.05) is 13.8 Å². The summed E-state index contributed by atoms with van der Waals surface area (Å²) in [5.41, 5.74) is 0. The first-order chi connectivity index (χ1) is 6.66. The molecule has 0 saturated carbocycles. The number of hydrogen-bond acceptors (Lipinski definition) is 3. The predicted octanol–water partition coefficient (Wildman–Crippen LogP) is 1.62. The number of rotatable bonds is 2. The minimum Gasteiger partial charge on any atom is -0.348 e. The standard InChI is InChI=1S/C11H21NO2/c1-11(2)13-9-10(14-11)8-12-6-4-3-5-7-12/h10H,3-9H2,1-2H3. The van der Waals surface area contributed by atoms with Gasteiger partial charge >= 0.3 is 0 Å². The molecule has 0 bridgehead atoms. The van der Waals surface area contributed by atoms with E-state index in [1.54, 1.807) is 0 Å². The molecular formula is C11H21NO2. The van der Waals surface area contributed by atoms with Crippen LogP contribution in [-0.4, -0.2) is 43.0 Å². The summed E-state index contributed by atoms with van der Waals surface area (Å²) in [5, 5.41) is 0. The highest BCUT2D eigenvalue weighted by Crippen LogP contribution is 2.23. The quantitative estimate of drug-likeness (QED) is 0.674. The molecule has 2 aliphatic rings. The highest BCUT2D eigenvalue weighted by molar-refractivity contribution is 4.76. The third kappa shape index (κ3) is 2.69. The van der Waals surface area contributed by atoms with Gasteiger partial charge in [0.05, 0.1) is 12.7 Å². The molecule has 0 radical (unpaired) electrons. The number of likely N-dealkylation sites (tertiary alicyclic amines) is 1. The van der Waals surface area contributed by atoms with Crippen LogP contribution >= 0.6 is 0 Å². The van der Waals surface area contributed by atoms with Crippen LogP contribution in [0.3, 0.4) is 0 Å². The Morgan fingerprint density at radius 2 is 1.93 bits per heavy atom. The summed E-state index contributed by atoms with van der Waals surface area (Å²) in [5.74, 6) is -0.361. The number of nitrogens with zero attached hydrogens (tertiary/aromatic N) is 1. The first-order valence-corrected chi connectivity index (χ1v) is 5.70. The average Bonchev–Trinajstić information content (AvgIpc) is 2.47. The van der Waals surface area contributed by atoms with Crippen LogP contribution in [0.25, 0.3) is 0 Å². The molecule has 82 valence electrons. The Kier molecular flexibility index (Phi) is 3.10. The number of hydrogen-bond donors (Lipinski definition) is 0. The molecule has 2 heterocycles. The minimum absolute atomic E-state index is 0.281. The van der Waals surface area contributed by atoms with E-state index in [0.29, 0.717) is 0 Å². The molecule has 0 aliphatic carbocycles. The van der Waals surface area contributed by atoms with Crippen molar-refractivity contribution in [2.75, 3.05) is 26.2 Å². The van der Waals surface area contributed by atoms with Crippen molar-refractivity contribution in [2.45, 2.75) is 45.0 Å². The van der Waals surface area contributed by atoms with Gasteiger partial charge in [0.15, 0.2) is 5.79 Å². The summed E-state index contributed by atoms with van der Waals surface area (Å²) < 4.78 is 11.3. The summed E-state index contributed by atoms with van der Waals surface area (Å²) in [6.45, 7) is 8.25. The highest BCUT2D eigenvalue weighted by Gasteiger charge is 2.33. The van der Waals surface area contributed by atoms with Gasteiger partial charge in [-0.1, -0.05) is 6.42 Å². The topological polar surface area (TPSA) is 21.7 Å². The summed E-state index contributed by atoms with van der Waals surface area (Å²) in [6, 6.07) is 0. The van der Waals surface area contributed by atoms with Crippen LogP contribution < -0.4 is 0 Å². The lowest BCUT2D eigenvalue weighted by atomic mass is 10.1. The van der Waals surface area contributed by atoms with Crippen molar-refractivity contribution in [3.63, 3.8) is 0 Å². The van der Waals surface area contributed by atoms with E-state index >= 15 is 0 Å². The fraction of sp³-hybridized carbons (Fsp3) is 1.00. The molecule has 0 aromatic rings. The van der Waals surface area contributed by atoms with Crippen molar-refractivity contribution < 1.29 is 9.47 Å². The lowest BCUT2D eigenvalue weighted by molar-refractivity contribution is -0.140. The van der Waals surface area contributed by atoms with E-state index < -0.39 is 0 Å². The van der Waals surface area contributed by atoms with E-state index in [9.17, 15) is 0 Å². The molecule has 14 heavy (non-hydrogen) atoms. The molecule has 0 spiro atoms. The molecule has 1 unspecified atom stereocenters. The number of piperidine rings is 1. The molecule has 0 amide bonds. The molecule has 2 aliphatic heterocycles. The minimum atomic E-state index is -0.361. The number of ether oxygens (including phenoxy) is 2. The Morgan fingerprint density at radius 1 is 1.21 bits per heavy atom. The molecule has 2 rings (SSSR count). The van der Waals surface area contributed by atoms with Crippen molar-refractivity contribution in [1.82, 2.24) is 4.90 Å². The van der Waals surface area contributed by atoms with Crippen LogP contribution in [0, 0.1) is 0 Å². The van der Waals surface area contributed by atoms with E-state index in [1.165, 1.54) is 32.4 Å². The molecular weight excluding hydrogens is 178 g/mol. The van der Waals surface area contributed by atoms with E-state index in [0.717, 1.165) is 13.2 Å². The van der Waals surface area contributed by atoms with Crippen LogP contribution in [-0.2, 0) is 9.47 Å². The lowest BCUT2D eigenvalue weighted by Crippen LogP contribution is -2.38. The van der Waals surface area contributed by atoms with Gasteiger partial charge in [0.1, 0.15) is 0 Å². The first-order valence-electron chi connectivity index (χ1n) is 5.70. The van der Waals surface area contributed by atoms with Gasteiger partial charge in [-0.15, -0.1) is 0 Å². The second kappa shape index (κ2) is 4.17. The van der Waals surface area contributed by atoms with Gasteiger partial charge in [0.25, 0.3) is 0 Å². The second-order valence-corrected chi connectivity index (χ2v) is 4.81. The van der Waals surface area contributed by atoms with Crippen LogP contribution in [0.2, 0.25) is 0 Å². The van der Waals surface area contributed by atoms with E-state index in [4.69, 9.17) is 9.47 Å². The third-order valence-corrected chi connectivity index (χ3v) is 2.98. The molecule has 1 atom stereocenters. The van der Waals surface area contributed by atoms with Crippen LogP contribution in [0.1, 0.15) is 33.1 Å². The maximum atomic E-state index is 5.79. The van der Waals surface area contributed by atoms with Crippen LogP contribution in [0.5, 0.6) is 0 Å². The summed E-state index contributed by atoms with van der Waals surface area (Å²) in [6.07, 6.45) is 4.36. The SMILES string of the molecule is CC1(C)OCC(CN2CCCCC2)O1. The van der Waals surface area contributed by atoms with Crippen molar-refractivity contribution in [1.29, 1.82) is 0 Å². The fourth-order valence-electron chi connectivity index (χ4n) is 2.28. The van der Waals surface area contributed by atoms with Gasteiger partial charge in [-0.2, -0.15) is 0 Å². The van der Waals surface area contributed by atoms with Gasteiger partial charge in [0.2, 0.25) is 0 Å². The lowest BCUT2D eigenvalue weighted by Gasteiger charge is -2.28. The average molecular weight is 199 g/mol. The first kappa shape index (κ1) is 10.4. The second-order valence-electron chi connectivity index (χ2n) is 4.81. The van der Waals surface area contributed by atoms with Gasteiger partial charge in [-0.25, -0.2) is 0 Å². The summed E-state index contributed by atoms with van der Waals surface area (Å²) in [7, 11) is 0. The van der Waals surface area contributed by atoms with Gasteiger partial charge < -0.3 is 14.4 Å². The molecule has 2 saturated heterocycles. The molecule has 0 aromatic heterocycles.